The molecule has 0 radical (unpaired) electrons. The van der Waals surface area contributed by atoms with Crippen molar-refractivity contribution in [3.63, 3.8) is 0 Å². The number of halogens is 1. The second-order valence-corrected chi connectivity index (χ2v) is 7.79. The van der Waals surface area contributed by atoms with Crippen LogP contribution in [0, 0.1) is 0 Å². The molecule has 6 nitrogen and oxygen atoms in total. The van der Waals surface area contributed by atoms with E-state index in [9.17, 15) is 23.6 Å². The van der Waals surface area contributed by atoms with E-state index in [0.717, 1.165) is 9.80 Å². The van der Waals surface area contributed by atoms with E-state index in [1.807, 2.05) is 0 Å². The van der Waals surface area contributed by atoms with Crippen LogP contribution >= 0.6 is 0 Å². The smallest absolute Gasteiger partial charge is 0.262 e. The number of hydrogen-bond donors (Lipinski definition) is 0. The maximum Gasteiger partial charge on any atom is 0.262 e. The first-order chi connectivity index (χ1) is 14.3. The number of rotatable bonds is 6. The van der Waals surface area contributed by atoms with Gasteiger partial charge >= 0.3 is 0 Å². The van der Waals surface area contributed by atoms with Gasteiger partial charge in [0.1, 0.15) is 6.67 Å². The van der Waals surface area contributed by atoms with Gasteiger partial charge in [0.25, 0.3) is 23.6 Å². The quantitative estimate of drug-likeness (QED) is 0.545. The Labute approximate surface area is 172 Å². The van der Waals surface area contributed by atoms with Crippen molar-refractivity contribution in [1.29, 1.82) is 0 Å². The molecule has 0 aromatic heterocycles. The van der Waals surface area contributed by atoms with Crippen LogP contribution < -0.4 is 0 Å². The Kier molecular flexibility index (Phi) is 4.61. The molecule has 7 heteroatoms. The third kappa shape index (κ3) is 2.85. The summed E-state index contributed by atoms with van der Waals surface area (Å²) in [5.41, 5.74) is -0.0431. The molecule has 152 valence electrons. The molecule has 0 N–H and O–H groups in total. The molecule has 0 aliphatic carbocycles. The first-order valence-electron chi connectivity index (χ1n) is 9.44. The summed E-state index contributed by atoms with van der Waals surface area (Å²) < 4.78 is 14.2. The van der Waals surface area contributed by atoms with Crippen molar-refractivity contribution in [2.24, 2.45) is 0 Å². The van der Waals surface area contributed by atoms with Crippen LogP contribution in [0.5, 0.6) is 0 Å². The number of carbonyl (C=O) groups excluding carboxylic acids is 4. The monoisotopic (exact) mass is 406 g/mol. The average Bonchev–Trinajstić information content (AvgIpc) is 3.14. The van der Waals surface area contributed by atoms with Crippen molar-refractivity contribution in [3.05, 3.63) is 82.9 Å². The molecule has 0 bridgehead atoms. The standard InChI is InChI=1S/C23H19FN2O4/c1-14(12-25-19(27)15-7-3-4-8-16(15)20(25)28)11-23(2,13-24)26-21(29)17-9-5-6-10-18(17)22(26)30/h3-10H,1,11-13H2,2H3. The predicted molar refractivity (Wildman–Crippen MR) is 107 cm³/mol. The number of hydrogen-bond acceptors (Lipinski definition) is 4. The maximum atomic E-state index is 14.2. The van der Waals surface area contributed by atoms with Gasteiger partial charge in [-0.2, -0.15) is 0 Å². The van der Waals surface area contributed by atoms with Crippen LogP contribution in [-0.4, -0.2) is 52.2 Å². The van der Waals surface area contributed by atoms with Crippen LogP contribution in [-0.2, 0) is 0 Å². The Morgan fingerprint density at radius 1 is 0.833 bits per heavy atom. The van der Waals surface area contributed by atoms with Gasteiger partial charge in [-0.25, -0.2) is 4.39 Å². The number of fused-ring (bicyclic) bond motifs is 2. The van der Waals surface area contributed by atoms with Crippen molar-refractivity contribution < 1.29 is 23.6 Å². The molecule has 2 aromatic carbocycles. The van der Waals surface area contributed by atoms with E-state index in [-0.39, 0.29) is 24.1 Å². The van der Waals surface area contributed by atoms with Crippen molar-refractivity contribution >= 4 is 23.6 Å². The molecule has 0 saturated heterocycles. The van der Waals surface area contributed by atoms with Crippen LogP contribution in [0.3, 0.4) is 0 Å². The summed E-state index contributed by atoms with van der Waals surface area (Å²) in [6, 6.07) is 12.8. The highest BCUT2D eigenvalue weighted by Crippen LogP contribution is 2.34. The highest BCUT2D eigenvalue weighted by Gasteiger charge is 2.47. The lowest BCUT2D eigenvalue weighted by molar-refractivity contribution is 0.0389. The highest BCUT2D eigenvalue weighted by molar-refractivity contribution is 6.22. The lowest BCUT2D eigenvalue weighted by Gasteiger charge is -2.36. The van der Waals surface area contributed by atoms with Crippen molar-refractivity contribution in [1.82, 2.24) is 9.80 Å². The van der Waals surface area contributed by atoms with Gasteiger partial charge in [0.2, 0.25) is 0 Å². The number of imide groups is 2. The van der Waals surface area contributed by atoms with Gasteiger partial charge in [-0.3, -0.25) is 29.0 Å². The molecule has 2 heterocycles. The summed E-state index contributed by atoms with van der Waals surface area (Å²) in [6.45, 7) is 4.25. The Morgan fingerprint density at radius 3 is 1.63 bits per heavy atom. The first-order valence-corrected chi connectivity index (χ1v) is 9.44. The number of benzene rings is 2. The number of amides is 4. The summed E-state index contributed by atoms with van der Waals surface area (Å²) in [7, 11) is 0. The van der Waals surface area contributed by atoms with Gasteiger partial charge in [-0.1, -0.05) is 36.4 Å². The average molecular weight is 406 g/mol. The van der Waals surface area contributed by atoms with E-state index in [4.69, 9.17) is 0 Å². The fourth-order valence-corrected chi connectivity index (χ4v) is 4.07. The van der Waals surface area contributed by atoms with E-state index in [2.05, 4.69) is 6.58 Å². The van der Waals surface area contributed by atoms with E-state index in [0.29, 0.717) is 16.7 Å². The van der Waals surface area contributed by atoms with Gasteiger partial charge < -0.3 is 0 Å². The molecule has 0 saturated carbocycles. The molecule has 1 atom stereocenters. The van der Waals surface area contributed by atoms with Gasteiger partial charge in [0, 0.05) is 0 Å². The Morgan fingerprint density at radius 2 is 1.23 bits per heavy atom. The predicted octanol–water partition coefficient (Wildman–Crippen LogP) is 3.25. The zero-order chi connectivity index (χ0) is 21.6. The molecule has 1 unspecified atom stereocenters. The minimum atomic E-state index is -1.48. The fraction of sp³-hybridized carbons (Fsp3) is 0.217. The van der Waals surface area contributed by atoms with E-state index in [1.165, 1.54) is 19.1 Å². The van der Waals surface area contributed by atoms with E-state index in [1.54, 1.807) is 36.4 Å². The van der Waals surface area contributed by atoms with Crippen LogP contribution in [0.1, 0.15) is 54.8 Å². The molecule has 0 fully saturated rings. The van der Waals surface area contributed by atoms with Gasteiger partial charge in [0.05, 0.1) is 34.3 Å². The second-order valence-electron chi connectivity index (χ2n) is 7.79. The largest absolute Gasteiger partial charge is 0.270 e. The second kappa shape index (κ2) is 7.02. The highest BCUT2D eigenvalue weighted by atomic mass is 19.1. The Balaban J connectivity index is 1.54. The van der Waals surface area contributed by atoms with Crippen molar-refractivity contribution in [3.8, 4) is 0 Å². The van der Waals surface area contributed by atoms with Crippen molar-refractivity contribution in [2.45, 2.75) is 18.9 Å². The van der Waals surface area contributed by atoms with Crippen LogP contribution in [0.2, 0.25) is 0 Å². The van der Waals surface area contributed by atoms with Crippen LogP contribution in [0.4, 0.5) is 4.39 Å². The third-order valence-electron chi connectivity index (χ3n) is 5.51. The SMILES string of the molecule is C=C(CN1C(=O)c2ccccc2C1=O)CC(C)(CF)N1C(=O)c2ccccc2C1=O. The fourth-order valence-electron chi connectivity index (χ4n) is 4.07. The minimum Gasteiger partial charge on any atom is -0.270 e. The summed E-state index contributed by atoms with van der Waals surface area (Å²) in [5.74, 6) is -2.02. The normalized spacial score (nSPS) is 17.3. The molecule has 2 aromatic rings. The molecular weight excluding hydrogens is 387 g/mol. The zero-order valence-electron chi connectivity index (χ0n) is 16.4. The zero-order valence-corrected chi connectivity index (χ0v) is 16.4. The van der Waals surface area contributed by atoms with Crippen LogP contribution in [0.15, 0.2) is 60.7 Å². The topological polar surface area (TPSA) is 74.8 Å². The molecule has 2 aliphatic heterocycles. The molecule has 4 amide bonds. The Hall–Kier alpha value is -3.61. The number of carbonyl (C=O) groups is 4. The lowest BCUT2D eigenvalue weighted by atomic mass is 9.92. The van der Waals surface area contributed by atoms with E-state index >= 15 is 0 Å². The van der Waals surface area contributed by atoms with Gasteiger partial charge in [0.15, 0.2) is 0 Å². The minimum absolute atomic E-state index is 0.0810. The molecule has 2 aliphatic rings. The summed E-state index contributed by atoms with van der Waals surface area (Å²) >= 11 is 0. The van der Waals surface area contributed by atoms with E-state index < -0.39 is 35.8 Å². The molecule has 0 spiro atoms. The number of nitrogens with zero attached hydrogens (tertiary/aromatic N) is 2. The first kappa shape index (κ1) is 19.7. The maximum absolute atomic E-state index is 14.2. The summed E-state index contributed by atoms with van der Waals surface area (Å²) in [5, 5.41) is 0. The van der Waals surface area contributed by atoms with Crippen molar-refractivity contribution in [2.75, 3.05) is 13.2 Å². The number of alkyl halides is 1. The third-order valence-corrected chi connectivity index (χ3v) is 5.51. The van der Waals surface area contributed by atoms with Crippen LogP contribution in [0.25, 0.3) is 0 Å². The molecule has 30 heavy (non-hydrogen) atoms. The van der Waals surface area contributed by atoms with Gasteiger partial charge in [-0.05, 0) is 37.6 Å². The molecular formula is C23H19FN2O4. The molecule has 4 rings (SSSR count). The summed E-state index contributed by atoms with van der Waals surface area (Å²) in [4.78, 5) is 52.7. The van der Waals surface area contributed by atoms with Gasteiger partial charge in [-0.15, -0.1) is 0 Å². The Bertz CT molecular complexity index is 1060. The lowest BCUT2D eigenvalue weighted by Crippen LogP contribution is -2.52. The summed E-state index contributed by atoms with van der Waals surface area (Å²) in [6.07, 6.45) is -0.0810.